The highest BCUT2D eigenvalue weighted by Gasteiger charge is 2.30. The largest absolute Gasteiger partial charge is 0.309 e. The second kappa shape index (κ2) is 31.4. The van der Waals surface area contributed by atoms with E-state index >= 15 is 0 Å². The molecule has 0 aliphatic carbocycles. The lowest BCUT2D eigenvalue weighted by atomic mass is 10.1. The first kappa shape index (κ1) is 75.2. The van der Waals surface area contributed by atoms with Crippen LogP contribution in [0.25, 0.3) is 228 Å². The lowest BCUT2D eigenvalue weighted by Crippen LogP contribution is -1.95. The Balaban J connectivity index is 0.000000105. The number of hydrogen-bond acceptors (Lipinski definition) is 6. The molecule has 9 nitrogen and oxygen atoms in total. The fraction of sp³-hybridized carbons (Fsp3) is 0. The summed E-state index contributed by atoms with van der Waals surface area (Å²) in [4.78, 5) is 15.9. The molecule has 129 heavy (non-hydrogen) atoms. The first-order valence-electron chi connectivity index (χ1n) is 43.5. The van der Waals surface area contributed by atoms with Gasteiger partial charge in [-0.1, -0.05) is 392 Å². The Bertz CT molecular complexity index is 8950. The van der Waals surface area contributed by atoms with Crippen molar-refractivity contribution < 1.29 is 0 Å². The first-order chi connectivity index (χ1) is 64.1. The van der Waals surface area contributed by atoms with Crippen LogP contribution in [-0.2, 0) is 0 Å². The molecule has 0 unspecified atom stereocenters. The molecule has 18 aromatic carbocycles. The van der Waals surface area contributed by atoms with Gasteiger partial charge in [-0.2, -0.15) is 0 Å². The molecule has 0 amide bonds. The van der Waals surface area contributed by atoms with Crippen LogP contribution in [0.4, 0.5) is 0 Å². The van der Waals surface area contributed by atoms with Gasteiger partial charge in [0, 0.05) is 115 Å². The van der Waals surface area contributed by atoms with Gasteiger partial charge < -0.3 is 13.7 Å². The predicted molar refractivity (Wildman–Crippen MR) is 545 cm³/mol. The molecule has 0 atom stereocenters. The Morgan fingerprint density at radius 2 is 0.388 bits per heavy atom. The third-order valence-corrected chi connectivity index (χ3v) is 28.4. The molecule has 606 valence electrons. The van der Waals surface area contributed by atoms with Crippen LogP contribution >= 0.6 is 34.0 Å². The number of para-hydroxylation sites is 9. The average molecular weight is 1700 g/mol. The Morgan fingerprint density at radius 1 is 0.155 bits per heavy atom. The third-order valence-electron chi connectivity index (χ3n) is 25.1. The van der Waals surface area contributed by atoms with Gasteiger partial charge in [0.05, 0.1) is 66.2 Å². The van der Waals surface area contributed by atoms with Crippen LogP contribution in [-0.4, -0.2) is 42.4 Å². The highest BCUT2D eigenvalue weighted by molar-refractivity contribution is 7.19. The third kappa shape index (κ3) is 12.5. The second-order valence-corrected chi connectivity index (χ2v) is 35.4. The predicted octanol–water partition coefficient (Wildman–Crippen LogP) is 32.0. The molecule has 0 N–H and O–H groups in total. The topological polar surface area (TPSA) is 68.2 Å². The summed E-state index contributed by atoms with van der Waals surface area (Å²) in [5.74, 6) is 0. The molecule has 0 saturated heterocycles. The molecule has 0 spiro atoms. The molecule has 9 heterocycles. The van der Waals surface area contributed by atoms with E-state index in [1.165, 1.54) is 131 Å². The zero-order valence-electron chi connectivity index (χ0n) is 69.6. The summed E-state index contributed by atoms with van der Waals surface area (Å²) in [5.41, 5.74) is 27.6. The average Bonchev–Trinajstić information content (AvgIpc) is 1.55. The summed E-state index contributed by atoms with van der Waals surface area (Å²) >= 11 is 5.26. The van der Waals surface area contributed by atoms with Crippen molar-refractivity contribution in [3.8, 4) is 97.6 Å². The van der Waals surface area contributed by atoms with Crippen LogP contribution in [0.2, 0.25) is 0 Å². The van der Waals surface area contributed by atoms with E-state index in [1.807, 2.05) is 0 Å². The van der Waals surface area contributed by atoms with Crippen LogP contribution in [0.5, 0.6) is 0 Å². The maximum atomic E-state index is 5.31. The fourth-order valence-electron chi connectivity index (χ4n) is 19.5. The Labute approximate surface area is 754 Å². The van der Waals surface area contributed by atoms with E-state index < -0.39 is 0 Å². The molecular formula is C117H75N9S3. The van der Waals surface area contributed by atoms with Crippen LogP contribution in [0, 0.1) is 0 Å². The van der Waals surface area contributed by atoms with E-state index in [1.54, 1.807) is 34.0 Å². The minimum Gasteiger partial charge on any atom is -0.309 e. The lowest BCUT2D eigenvalue weighted by molar-refractivity contribution is 1.18. The number of hydrogen-bond donors (Lipinski definition) is 0. The van der Waals surface area contributed by atoms with E-state index in [0.717, 1.165) is 97.6 Å². The highest BCUT2D eigenvalue weighted by Crippen LogP contribution is 2.51. The highest BCUT2D eigenvalue weighted by atomic mass is 32.1. The molecule has 27 rings (SSSR count). The standard InChI is InChI=1S/3C39H25N3S/c1-4-14-26(15-5-1)37-39(43-38(40-37)27-16-6-2-7-17-27)42-34-23-13-11-21-30(34)32-24-35-31(25-36(32)42)29-20-10-12-22-33(29)41(35)28-18-8-3-9-19-28;1-4-14-26(15-5-1)36-39(43-38(40-36)27-16-6-2-7-17-27)42-32-22-12-10-20-29(32)30-24-25-34-35(37(30)42)31-21-11-13-23-33(31)41(34)28-18-8-3-9-19-28;1-4-14-26(15-5-1)36-39(43-38(40-36)27-16-6-2-7-17-27)42-33-23-13-11-21-31(33)35-34(42)25-24-30-29-20-10-12-22-32(29)41(37(30)35)28-18-8-3-9-19-28/h3*1-25H. The van der Waals surface area contributed by atoms with Crippen molar-refractivity contribution in [1.29, 1.82) is 0 Å². The van der Waals surface area contributed by atoms with Crippen molar-refractivity contribution in [3.63, 3.8) is 0 Å². The Hall–Kier alpha value is -16.4. The van der Waals surface area contributed by atoms with Crippen molar-refractivity contribution in [2.45, 2.75) is 0 Å². The number of fused-ring (bicyclic) bond motifs is 20. The Morgan fingerprint density at radius 3 is 0.760 bits per heavy atom. The fourth-order valence-corrected chi connectivity index (χ4v) is 22.9. The van der Waals surface area contributed by atoms with Gasteiger partial charge in [-0.3, -0.25) is 13.7 Å². The number of nitrogens with zero attached hydrogens (tertiary/aromatic N) is 9. The van der Waals surface area contributed by atoms with E-state index in [2.05, 4.69) is 482 Å². The van der Waals surface area contributed by atoms with Gasteiger partial charge in [0.25, 0.3) is 0 Å². The summed E-state index contributed by atoms with van der Waals surface area (Å²) < 4.78 is 14.6. The van der Waals surface area contributed by atoms with Crippen LogP contribution < -0.4 is 0 Å². The minimum absolute atomic E-state index is 0.996. The normalized spacial score (nSPS) is 11.7. The molecule has 0 fully saturated rings. The van der Waals surface area contributed by atoms with Gasteiger partial charge >= 0.3 is 0 Å². The molecule has 9 aromatic heterocycles. The molecule has 12 heteroatoms. The minimum atomic E-state index is 0.996. The van der Waals surface area contributed by atoms with Crippen LogP contribution in [0.15, 0.2) is 455 Å². The van der Waals surface area contributed by atoms with E-state index in [-0.39, 0.29) is 0 Å². The monoisotopic (exact) mass is 1700 g/mol. The van der Waals surface area contributed by atoms with Crippen LogP contribution in [0.3, 0.4) is 0 Å². The maximum absolute atomic E-state index is 5.31. The van der Waals surface area contributed by atoms with Gasteiger partial charge in [-0.05, 0) is 97.1 Å². The van der Waals surface area contributed by atoms with Crippen molar-refractivity contribution >= 4 is 165 Å². The van der Waals surface area contributed by atoms with Crippen molar-refractivity contribution in [2.24, 2.45) is 0 Å². The zero-order valence-corrected chi connectivity index (χ0v) is 72.0. The second-order valence-electron chi connectivity index (χ2n) is 32.4. The SMILES string of the molecule is c1ccc(-c2nc(-c3ccccc3)c(-n3c4ccccc4c4c3ccc3c5ccccc5n(-c5ccccc5)c34)s2)cc1.c1ccc(-c2nc(-c3ccccc3)c(-n3c4ccccc4c4cc5c(cc43)c3ccccc3n5-c3ccccc3)s2)cc1.c1ccc(-c2nc(-c3ccccc3)c(-n3c4ccccc4c4ccc5c(c6ccccc6n5-c5ccccc5)c43)s2)cc1. The number of benzene rings is 18. The molecule has 0 radical (unpaired) electrons. The summed E-state index contributed by atoms with van der Waals surface area (Å²) in [7, 11) is 0. The molecule has 0 saturated carbocycles. The van der Waals surface area contributed by atoms with Crippen molar-refractivity contribution in [2.75, 3.05) is 0 Å². The number of aromatic nitrogens is 9. The first-order valence-corrected chi connectivity index (χ1v) is 45.9. The van der Waals surface area contributed by atoms with Crippen molar-refractivity contribution in [1.82, 2.24) is 42.4 Å². The summed E-state index contributed by atoms with van der Waals surface area (Å²) in [5, 5.41) is 21.4. The van der Waals surface area contributed by atoms with Gasteiger partial charge in [0.2, 0.25) is 0 Å². The summed E-state index contributed by atoms with van der Waals surface area (Å²) in [6, 6.07) is 162. The molecular weight excluding hydrogens is 1630 g/mol. The maximum Gasteiger partial charge on any atom is 0.129 e. The Kier molecular flexibility index (Phi) is 18.3. The van der Waals surface area contributed by atoms with E-state index in [0.29, 0.717) is 0 Å². The summed E-state index contributed by atoms with van der Waals surface area (Å²) in [6.45, 7) is 0. The molecule has 0 aliphatic heterocycles. The molecule has 0 bridgehead atoms. The van der Waals surface area contributed by atoms with Crippen LogP contribution in [0.1, 0.15) is 0 Å². The quantitative estimate of drug-likeness (QED) is 0.122. The van der Waals surface area contributed by atoms with E-state index in [9.17, 15) is 0 Å². The number of rotatable bonds is 12. The molecule has 27 aromatic rings. The lowest BCUT2D eigenvalue weighted by Gasteiger charge is -2.10. The summed E-state index contributed by atoms with van der Waals surface area (Å²) in [6.07, 6.45) is 0. The van der Waals surface area contributed by atoms with Crippen molar-refractivity contribution in [3.05, 3.63) is 455 Å². The van der Waals surface area contributed by atoms with Gasteiger partial charge in [-0.15, -0.1) is 0 Å². The molecule has 0 aliphatic rings. The van der Waals surface area contributed by atoms with Gasteiger partial charge in [0.1, 0.15) is 47.1 Å². The number of thiazole rings is 3. The smallest absolute Gasteiger partial charge is 0.129 e. The van der Waals surface area contributed by atoms with Gasteiger partial charge in [0.15, 0.2) is 0 Å². The van der Waals surface area contributed by atoms with Gasteiger partial charge in [-0.25, -0.2) is 15.0 Å². The zero-order chi connectivity index (χ0) is 85.0. The van der Waals surface area contributed by atoms with E-state index in [4.69, 9.17) is 15.0 Å².